The molecular weight excluding hydrogens is 1120 g/mol. The lowest BCUT2D eigenvalue weighted by Crippen LogP contribution is -2.46. The van der Waals surface area contributed by atoms with Crippen LogP contribution in [0.15, 0.2) is 0 Å². The highest BCUT2D eigenvalue weighted by Crippen LogP contribution is 2.43. The Bertz CT molecular complexity index is 1410. The Morgan fingerprint density at radius 3 is 0.753 bits per heavy atom. The van der Waals surface area contributed by atoms with E-state index >= 15 is 0 Å². The second-order valence-electron chi connectivity index (χ2n) is 29.9. The number of hydrogen-bond donors (Lipinski definition) is 3. The van der Waals surface area contributed by atoms with Gasteiger partial charge in [-0.15, -0.1) is 0 Å². The van der Waals surface area contributed by atoms with Crippen LogP contribution in [0.3, 0.4) is 0 Å². The number of quaternary nitrogens is 1. The molecule has 0 bridgehead atoms. The molecule has 0 aliphatic heterocycles. The molecule has 89 heavy (non-hydrogen) atoms. The highest BCUT2D eigenvalue weighted by molar-refractivity contribution is 7.47. The SMILES string of the molecule is CCCCCCCCCCCCCCCCCCCCCCCCCCCCCCCCCCCCCC(=O)NC(COP(=O)(O)OCC[N+](C)(C)C)C(O)CCCCCCCCCCCCCCCCCCCCCCCCCCCCCCCCCC. The van der Waals surface area contributed by atoms with Gasteiger partial charge in [-0.1, -0.05) is 438 Å². The van der Waals surface area contributed by atoms with Crippen LogP contribution in [-0.4, -0.2) is 73.4 Å². The summed E-state index contributed by atoms with van der Waals surface area (Å²) in [5, 5.41) is 14.2. The average molecular weight is 1280 g/mol. The van der Waals surface area contributed by atoms with Gasteiger partial charge in [0, 0.05) is 6.42 Å². The first-order valence-electron chi connectivity index (χ1n) is 40.9. The Kier molecular flexibility index (Phi) is 71.4. The summed E-state index contributed by atoms with van der Waals surface area (Å²) in [6.07, 6.45) is 92.7. The standard InChI is InChI=1S/C80H163N2O6P/c1-6-8-10-12-14-16-18-20-22-24-26-28-30-32-34-36-38-40-41-42-44-46-48-50-52-54-56-58-60-62-64-66-68-70-72-74-80(84)81-78(77-88-89(85,86)87-76-75-82(3,4)5)79(83)73-71-69-67-65-63-61-59-57-55-53-51-49-47-45-43-39-37-35-33-31-29-27-25-23-21-19-17-15-13-11-9-7-2/h78-79,83H,6-77H2,1-5H3,(H-,81,84,85,86)/p+1. The average Bonchev–Trinajstić information content (AvgIpc) is 3.64. The number of likely N-dealkylation sites (N-methyl/N-ethyl adjacent to an activating group) is 1. The van der Waals surface area contributed by atoms with Gasteiger partial charge < -0.3 is 19.8 Å². The first kappa shape index (κ1) is 88.5. The van der Waals surface area contributed by atoms with Gasteiger partial charge in [-0.25, -0.2) is 4.57 Å². The Balaban J connectivity index is 3.88. The van der Waals surface area contributed by atoms with Gasteiger partial charge in [0.05, 0.1) is 39.9 Å². The van der Waals surface area contributed by atoms with Crippen molar-refractivity contribution in [1.82, 2.24) is 5.32 Å². The predicted octanol–water partition coefficient (Wildman–Crippen LogP) is 26.6. The van der Waals surface area contributed by atoms with Crippen LogP contribution in [0.2, 0.25) is 0 Å². The van der Waals surface area contributed by atoms with Gasteiger partial charge in [-0.05, 0) is 12.8 Å². The second kappa shape index (κ2) is 71.8. The zero-order valence-corrected chi connectivity index (χ0v) is 62.4. The summed E-state index contributed by atoms with van der Waals surface area (Å²) in [6, 6.07) is -0.758. The lowest BCUT2D eigenvalue weighted by Gasteiger charge is -2.26. The lowest BCUT2D eigenvalue weighted by molar-refractivity contribution is -0.870. The Hall–Kier alpha value is -0.500. The number of phosphoric ester groups is 1. The molecule has 0 heterocycles. The smallest absolute Gasteiger partial charge is 0.391 e. The molecule has 8 nitrogen and oxygen atoms in total. The van der Waals surface area contributed by atoms with E-state index in [4.69, 9.17) is 9.05 Å². The van der Waals surface area contributed by atoms with Crippen LogP contribution in [0.25, 0.3) is 0 Å². The molecule has 0 spiro atoms. The first-order chi connectivity index (χ1) is 43.5. The Morgan fingerprint density at radius 2 is 0.539 bits per heavy atom. The number of aliphatic hydroxyl groups excluding tert-OH is 1. The van der Waals surface area contributed by atoms with E-state index < -0.39 is 20.0 Å². The molecular formula is C80H164N2O6P+. The number of nitrogens with zero attached hydrogens (tertiary/aromatic N) is 1. The summed E-state index contributed by atoms with van der Waals surface area (Å²) < 4.78 is 24.0. The molecule has 0 rings (SSSR count). The zero-order chi connectivity index (χ0) is 64.8. The number of nitrogens with one attached hydrogen (secondary N) is 1. The number of rotatable bonds is 78. The van der Waals surface area contributed by atoms with E-state index in [1.165, 1.54) is 392 Å². The van der Waals surface area contributed by atoms with Gasteiger partial charge in [0.2, 0.25) is 5.91 Å². The van der Waals surface area contributed by atoms with Gasteiger partial charge in [-0.2, -0.15) is 0 Å². The van der Waals surface area contributed by atoms with E-state index in [0.717, 1.165) is 38.5 Å². The fraction of sp³-hybridized carbons (Fsp3) is 0.988. The molecule has 0 saturated heterocycles. The monoisotopic (exact) mass is 1280 g/mol. The third-order valence-electron chi connectivity index (χ3n) is 19.6. The van der Waals surface area contributed by atoms with Crippen LogP contribution in [0.5, 0.6) is 0 Å². The summed E-state index contributed by atoms with van der Waals surface area (Å²) in [5.41, 5.74) is 0. The molecule has 0 aromatic rings. The van der Waals surface area contributed by atoms with Gasteiger partial charge in [-0.3, -0.25) is 13.8 Å². The maximum atomic E-state index is 13.1. The van der Waals surface area contributed by atoms with Gasteiger partial charge >= 0.3 is 7.82 Å². The summed E-state index contributed by atoms with van der Waals surface area (Å²) in [7, 11) is 1.65. The summed E-state index contributed by atoms with van der Waals surface area (Å²) in [6.45, 7) is 4.98. The molecule has 0 radical (unpaired) electrons. The maximum Gasteiger partial charge on any atom is 0.472 e. The molecule has 534 valence electrons. The predicted molar refractivity (Wildman–Crippen MR) is 392 cm³/mol. The number of phosphoric acid groups is 1. The molecule has 0 aliphatic rings. The number of hydrogen-bond acceptors (Lipinski definition) is 5. The highest BCUT2D eigenvalue weighted by Gasteiger charge is 2.28. The molecule has 3 atom stereocenters. The number of carbonyl (C=O) groups is 1. The van der Waals surface area contributed by atoms with E-state index in [1.807, 2.05) is 21.1 Å². The van der Waals surface area contributed by atoms with Crippen molar-refractivity contribution in [2.75, 3.05) is 40.9 Å². The Morgan fingerprint density at radius 1 is 0.337 bits per heavy atom. The van der Waals surface area contributed by atoms with Crippen molar-refractivity contribution in [3.05, 3.63) is 0 Å². The molecule has 0 fully saturated rings. The first-order valence-corrected chi connectivity index (χ1v) is 42.4. The second-order valence-corrected chi connectivity index (χ2v) is 31.3. The molecule has 0 aromatic carbocycles. The van der Waals surface area contributed by atoms with Crippen molar-refractivity contribution < 1.29 is 32.9 Å². The van der Waals surface area contributed by atoms with E-state index in [2.05, 4.69) is 19.2 Å². The fourth-order valence-electron chi connectivity index (χ4n) is 13.3. The number of carbonyl (C=O) groups excluding carboxylic acids is 1. The third-order valence-corrected chi connectivity index (χ3v) is 20.6. The van der Waals surface area contributed by atoms with Gasteiger partial charge in [0.25, 0.3) is 0 Å². The van der Waals surface area contributed by atoms with Crippen molar-refractivity contribution in [1.29, 1.82) is 0 Å². The number of aliphatic hydroxyl groups is 1. The molecule has 0 aromatic heterocycles. The lowest BCUT2D eigenvalue weighted by atomic mass is 10.0. The topological polar surface area (TPSA) is 105 Å². The minimum atomic E-state index is -4.33. The van der Waals surface area contributed by atoms with Crippen molar-refractivity contribution in [3.63, 3.8) is 0 Å². The quantitative estimate of drug-likeness (QED) is 0.0318. The minimum Gasteiger partial charge on any atom is -0.391 e. The van der Waals surface area contributed by atoms with Crippen molar-refractivity contribution >= 4 is 13.7 Å². The van der Waals surface area contributed by atoms with E-state index in [1.54, 1.807) is 0 Å². The van der Waals surface area contributed by atoms with Crippen LogP contribution in [-0.2, 0) is 18.4 Å². The van der Waals surface area contributed by atoms with Crippen LogP contribution < -0.4 is 5.32 Å². The van der Waals surface area contributed by atoms with Crippen molar-refractivity contribution in [2.24, 2.45) is 0 Å². The van der Waals surface area contributed by atoms with Crippen LogP contribution in [0.4, 0.5) is 0 Å². The Labute approximate surface area is 559 Å². The summed E-state index contributed by atoms with van der Waals surface area (Å²) >= 11 is 0. The summed E-state index contributed by atoms with van der Waals surface area (Å²) in [5.74, 6) is -0.131. The highest BCUT2D eigenvalue weighted by atomic mass is 31.2. The van der Waals surface area contributed by atoms with Crippen molar-refractivity contribution in [3.8, 4) is 0 Å². The normalized spacial score (nSPS) is 13.4. The van der Waals surface area contributed by atoms with Crippen LogP contribution in [0, 0.1) is 0 Å². The minimum absolute atomic E-state index is 0.0797. The third kappa shape index (κ3) is 74.8. The molecule has 9 heteroatoms. The van der Waals surface area contributed by atoms with Crippen LogP contribution in [0.1, 0.15) is 457 Å². The number of amides is 1. The zero-order valence-electron chi connectivity index (χ0n) is 61.5. The van der Waals surface area contributed by atoms with Crippen LogP contribution >= 0.6 is 7.82 Å². The summed E-state index contributed by atoms with van der Waals surface area (Å²) in [4.78, 5) is 23.5. The molecule has 0 aliphatic carbocycles. The fourth-order valence-corrected chi connectivity index (χ4v) is 14.0. The maximum absolute atomic E-state index is 13.1. The molecule has 3 N–H and O–H groups in total. The number of unbranched alkanes of at least 4 members (excludes halogenated alkanes) is 65. The van der Waals surface area contributed by atoms with E-state index in [0.29, 0.717) is 23.9 Å². The van der Waals surface area contributed by atoms with Gasteiger partial charge in [0.15, 0.2) is 0 Å². The van der Waals surface area contributed by atoms with E-state index in [-0.39, 0.29) is 19.1 Å². The van der Waals surface area contributed by atoms with E-state index in [9.17, 15) is 19.4 Å². The molecule has 3 unspecified atom stereocenters. The van der Waals surface area contributed by atoms with Crippen molar-refractivity contribution in [2.45, 2.75) is 469 Å². The molecule has 0 saturated carbocycles. The largest absolute Gasteiger partial charge is 0.472 e. The van der Waals surface area contributed by atoms with Gasteiger partial charge in [0.1, 0.15) is 13.2 Å². The molecule has 1 amide bonds.